The largest absolute Gasteiger partial charge is 0.381 e. The van der Waals surface area contributed by atoms with Gasteiger partial charge in [-0.15, -0.1) is 0 Å². The molecule has 0 N–H and O–H groups in total. The average molecular weight is 191 g/mol. The number of pyridine rings is 1. The highest BCUT2D eigenvalue weighted by Gasteiger charge is 2.19. The normalized spacial score (nSPS) is 21.0. The van der Waals surface area contributed by atoms with Gasteiger partial charge in [0, 0.05) is 37.6 Å². The summed E-state index contributed by atoms with van der Waals surface area (Å²) in [6.07, 6.45) is 4.89. The summed E-state index contributed by atoms with van der Waals surface area (Å²) < 4.78 is 5.23. The first kappa shape index (κ1) is 9.34. The number of ether oxygens (including phenoxy) is 1. The first-order valence-corrected chi connectivity index (χ1v) is 4.87. The fourth-order valence-electron chi connectivity index (χ4n) is 1.65. The Balaban J connectivity index is 1.95. The van der Waals surface area contributed by atoms with Gasteiger partial charge in [-0.25, -0.2) is 0 Å². The molecule has 2 rings (SSSR count). The zero-order valence-electron chi connectivity index (χ0n) is 7.98. The second kappa shape index (κ2) is 4.33. The predicted molar refractivity (Wildman–Crippen MR) is 52.1 cm³/mol. The molecule has 1 aromatic rings. The lowest BCUT2D eigenvalue weighted by Crippen LogP contribution is -2.08. The summed E-state index contributed by atoms with van der Waals surface area (Å²) >= 11 is 0. The molecule has 3 nitrogen and oxygen atoms in total. The maximum atomic E-state index is 11.7. The van der Waals surface area contributed by atoms with Crippen molar-refractivity contribution in [2.24, 2.45) is 5.92 Å². The van der Waals surface area contributed by atoms with E-state index in [0.29, 0.717) is 17.9 Å². The van der Waals surface area contributed by atoms with E-state index in [-0.39, 0.29) is 5.78 Å². The van der Waals surface area contributed by atoms with Crippen LogP contribution in [0.2, 0.25) is 0 Å². The molecule has 14 heavy (non-hydrogen) atoms. The maximum absolute atomic E-state index is 11.7. The molecule has 0 aliphatic carbocycles. The van der Waals surface area contributed by atoms with Crippen LogP contribution in [-0.2, 0) is 4.74 Å². The fourth-order valence-corrected chi connectivity index (χ4v) is 1.65. The Labute approximate surface area is 83.1 Å². The van der Waals surface area contributed by atoms with Gasteiger partial charge in [-0.05, 0) is 24.5 Å². The molecular weight excluding hydrogens is 178 g/mol. The van der Waals surface area contributed by atoms with Gasteiger partial charge in [0.2, 0.25) is 0 Å². The first-order chi connectivity index (χ1) is 6.86. The molecule has 3 heteroatoms. The van der Waals surface area contributed by atoms with E-state index in [1.54, 1.807) is 18.5 Å². The van der Waals surface area contributed by atoms with Crippen LogP contribution in [0.4, 0.5) is 0 Å². The second-order valence-corrected chi connectivity index (χ2v) is 3.60. The monoisotopic (exact) mass is 191 g/mol. The van der Waals surface area contributed by atoms with Gasteiger partial charge in [0.25, 0.3) is 0 Å². The average Bonchev–Trinajstić information content (AvgIpc) is 2.72. The minimum Gasteiger partial charge on any atom is -0.381 e. The van der Waals surface area contributed by atoms with Crippen LogP contribution in [-0.4, -0.2) is 24.0 Å². The summed E-state index contributed by atoms with van der Waals surface area (Å²) in [5.41, 5.74) is 0.708. The van der Waals surface area contributed by atoms with E-state index < -0.39 is 0 Å². The predicted octanol–water partition coefficient (Wildman–Crippen LogP) is 1.69. The van der Waals surface area contributed by atoms with Gasteiger partial charge < -0.3 is 4.74 Å². The standard InChI is InChI=1S/C11H13NO2/c13-11(6-9-3-5-14-8-9)10-2-1-4-12-7-10/h1-2,4,7,9H,3,5-6,8H2. The lowest BCUT2D eigenvalue weighted by molar-refractivity contribution is 0.0952. The molecule has 1 fully saturated rings. The van der Waals surface area contributed by atoms with Gasteiger partial charge in [0.1, 0.15) is 0 Å². The number of Topliss-reactive ketones (excluding diaryl/α,β-unsaturated/α-hetero) is 1. The van der Waals surface area contributed by atoms with Gasteiger partial charge in [-0.2, -0.15) is 0 Å². The molecule has 1 aliphatic rings. The van der Waals surface area contributed by atoms with E-state index in [9.17, 15) is 4.79 Å². The molecule has 1 aromatic heterocycles. The van der Waals surface area contributed by atoms with Crippen molar-refractivity contribution in [2.45, 2.75) is 12.8 Å². The molecule has 0 bridgehead atoms. The van der Waals surface area contributed by atoms with E-state index in [2.05, 4.69) is 4.98 Å². The van der Waals surface area contributed by atoms with Crippen LogP contribution in [0.1, 0.15) is 23.2 Å². The molecule has 1 saturated heterocycles. The van der Waals surface area contributed by atoms with E-state index in [4.69, 9.17) is 4.74 Å². The van der Waals surface area contributed by atoms with Crippen LogP contribution in [0.5, 0.6) is 0 Å². The van der Waals surface area contributed by atoms with Gasteiger partial charge in [0.15, 0.2) is 5.78 Å². The lowest BCUT2D eigenvalue weighted by atomic mass is 9.99. The van der Waals surface area contributed by atoms with Crippen LogP contribution in [0.25, 0.3) is 0 Å². The van der Waals surface area contributed by atoms with Crippen molar-refractivity contribution in [3.8, 4) is 0 Å². The number of hydrogen-bond acceptors (Lipinski definition) is 3. The molecule has 0 amide bonds. The molecule has 1 atom stereocenters. The van der Waals surface area contributed by atoms with Crippen LogP contribution in [0, 0.1) is 5.92 Å². The minimum atomic E-state index is 0.175. The number of rotatable bonds is 3. The Kier molecular flexibility index (Phi) is 2.89. The molecule has 74 valence electrons. The first-order valence-electron chi connectivity index (χ1n) is 4.87. The lowest BCUT2D eigenvalue weighted by Gasteiger charge is -2.05. The summed E-state index contributed by atoms with van der Waals surface area (Å²) in [6, 6.07) is 3.60. The zero-order valence-corrected chi connectivity index (χ0v) is 7.98. The van der Waals surface area contributed by atoms with Gasteiger partial charge in [0.05, 0.1) is 0 Å². The third-order valence-corrected chi connectivity index (χ3v) is 2.48. The number of carbonyl (C=O) groups is 1. The van der Waals surface area contributed by atoms with Gasteiger partial charge in [-0.1, -0.05) is 0 Å². The summed E-state index contributed by atoms with van der Waals surface area (Å²) in [4.78, 5) is 15.6. The zero-order chi connectivity index (χ0) is 9.80. The molecule has 0 aromatic carbocycles. The van der Waals surface area contributed by atoms with Crippen molar-refractivity contribution in [3.63, 3.8) is 0 Å². The smallest absolute Gasteiger partial charge is 0.164 e. The van der Waals surface area contributed by atoms with E-state index >= 15 is 0 Å². The second-order valence-electron chi connectivity index (χ2n) is 3.60. The molecular formula is C11H13NO2. The minimum absolute atomic E-state index is 0.175. The molecule has 0 saturated carbocycles. The number of hydrogen-bond donors (Lipinski definition) is 0. The summed E-state index contributed by atoms with van der Waals surface area (Å²) in [6.45, 7) is 1.52. The summed E-state index contributed by atoms with van der Waals surface area (Å²) in [5, 5.41) is 0. The van der Waals surface area contributed by atoms with Crippen molar-refractivity contribution >= 4 is 5.78 Å². The van der Waals surface area contributed by atoms with E-state index in [1.165, 1.54) is 0 Å². The molecule has 0 spiro atoms. The molecule has 1 unspecified atom stereocenters. The van der Waals surface area contributed by atoms with Crippen LogP contribution in [0.3, 0.4) is 0 Å². The number of aromatic nitrogens is 1. The van der Waals surface area contributed by atoms with Gasteiger partial charge >= 0.3 is 0 Å². The van der Waals surface area contributed by atoms with Crippen LogP contribution in [0.15, 0.2) is 24.5 Å². The van der Waals surface area contributed by atoms with Crippen molar-refractivity contribution in [2.75, 3.05) is 13.2 Å². The SMILES string of the molecule is O=C(CC1CCOC1)c1cccnc1. The van der Waals surface area contributed by atoms with Crippen molar-refractivity contribution in [1.82, 2.24) is 4.98 Å². The number of nitrogens with zero attached hydrogens (tertiary/aromatic N) is 1. The number of carbonyl (C=O) groups excluding carboxylic acids is 1. The molecule has 1 aliphatic heterocycles. The summed E-state index contributed by atoms with van der Waals surface area (Å²) in [7, 11) is 0. The Morgan fingerprint density at radius 1 is 1.64 bits per heavy atom. The van der Waals surface area contributed by atoms with Crippen LogP contribution < -0.4 is 0 Å². The topological polar surface area (TPSA) is 39.2 Å². The highest BCUT2D eigenvalue weighted by molar-refractivity contribution is 5.95. The fraction of sp³-hybridized carbons (Fsp3) is 0.455. The Hall–Kier alpha value is -1.22. The van der Waals surface area contributed by atoms with E-state index in [1.807, 2.05) is 6.07 Å². The third kappa shape index (κ3) is 2.17. The maximum Gasteiger partial charge on any atom is 0.164 e. The van der Waals surface area contributed by atoms with Crippen molar-refractivity contribution in [3.05, 3.63) is 30.1 Å². The Morgan fingerprint density at radius 3 is 3.21 bits per heavy atom. The quantitative estimate of drug-likeness (QED) is 0.682. The highest BCUT2D eigenvalue weighted by atomic mass is 16.5. The van der Waals surface area contributed by atoms with Crippen LogP contribution >= 0.6 is 0 Å². The number of ketones is 1. The van der Waals surface area contributed by atoms with Gasteiger partial charge in [-0.3, -0.25) is 9.78 Å². The Bertz CT molecular complexity index is 304. The molecule has 2 heterocycles. The highest BCUT2D eigenvalue weighted by Crippen LogP contribution is 2.18. The van der Waals surface area contributed by atoms with Crippen molar-refractivity contribution < 1.29 is 9.53 Å². The Morgan fingerprint density at radius 2 is 2.57 bits per heavy atom. The van der Waals surface area contributed by atoms with Crippen molar-refractivity contribution in [1.29, 1.82) is 0 Å². The molecule has 0 radical (unpaired) electrons. The van der Waals surface area contributed by atoms with E-state index in [0.717, 1.165) is 19.6 Å². The summed E-state index contributed by atoms with van der Waals surface area (Å²) in [5.74, 6) is 0.580. The third-order valence-electron chi connectivity index (χ3n) is 2.48.